The highest BCUT2D eigenvalue weighted by Crippen LogP contribution is 2.44. The molecule has 4 unspecified atom stereocenters. The minimum atomic E-state index is -2.74. The second-order valence-electron chi connectivity index (χ2n) is 14.8. The summed E-state index contributed by atoms with van der Waals surface area (Å²) in [6.45, 7) is 3.81. The molecule has 58 heavy (non-hydrogen) atoms. The van der Waals surface area contributed by atoms with Gasteiger partial charge < -0.3 is 36.0 Å². The minimum absolute atomic E-state index is 0.140. The average molecular weight is 844 g/mol. The smallest absolute Gasteiger partial charge is 0.336 e. The molecule has 0 radical (unpaired) electrons. The number of carboxylic acids is 3. The molecule has 4 atom stereocenters. The number of likely N-dealkylation sites (tertiary alicyclic amines) is 2. The van der Waals surface area contributed by atoms with E-state index in [4.69, 9.17) is 43.6 Å². The molecular formula is C42H52Cl2N4O10. The predicted octanol–water partition coefficient (Wildman–Crippen LogP) is 5.37. The minimum Gasteiger partial charge on any atom is -0.481 e. The Morgan fingerprint density at radius 2 is 1.60 bits per heavy atom. The normalized spacial score (nSPS) is 21.5. The molecule has 2 aliphatic heterocycles. The summed E-state index contributed by atoms with van der Waals surface area (Å²) < 4.78 is 0. The van der Waals surface area contributed by atoms with Crippen molar-refractivity contribution in [3.05, 3.63) is 93.5 Å². The Bertz CT molecular complexity index is 1870. The number of halogens is 2. The van der Waals surface area contributed by atoms with Crippen molar-refractivity contribution in [1.29, 1.82) is 0 Å². The van der Waals surface area contributed by atoms with Crippen LogP contribution in [0, 0.1) is 5.92 Å². The van der Waals surface area contributed by atoms with Gasteiger partial charge in [-0.2, -0.15) is 0 Å². The van der Waals surface area contributed by atoms with Gasteiger partial charge in [0.05, 0.1) is 35.0 Å². The van der Waals surface area contributed by atoms with Gasteiger partial charge in [-0.1, -0.05) is 85.1 Å². The maximum atomic E-state index is 14.7. The topological polar surface area (TPSA) is 214 Å². The van der Waals surface area contributed by atoms with E-state index in [2.05, 4.69) is 22.5 Å². The first-order valence-corrected chi connectivity index (χ1v) is 20.2. The molecule has 3 aliphatic rings. The first-order chi connectivity index (χ1) is 27.6. The predicted molar refractivity (Wildman–Crippen MR) is 217 cm³/mol. The van der Waals surface area contributed by atoms with E-state index in [1.54, 1.807) is 13.1 Å². The van der Waals surface area contributed by atoms with Gasteiger partial charge in [0.2, 0.25) is 17.7 Å². The Morgan fingerprint density at radius 1 is 0.931 bits per heavy atom. The van der Waals surface area contributed by atoms with Crippen LogP contribution in [0.15, 0.2) is 72.3 Å². The Hall–Kier alpha value is -4.76. The molecule has 2 fully saturated rings. The molecule has 2 heterocycles. The molecule has 5 rings (SSSR count). The average Bonchev–Trinajstić information content (AvgIpc) is 3.19. The second kappa shape index (κ2) is 20.8. The lowest BCUT2D eigenvalue weighted by atomic mass is 9.72. The van der Waals surface area contributed by atoms with Crippen molar-refractivity contribution >= 4 is 58.8 Å². The van der Waals surface area contributed by atoms with Gasteiger partial charge in [-0.15, -0.1) is 0 Å². The van der Waals surface area contributed by atoms with Crippen molar-refractivity contribution in [2.45, 2.75) is 101 Å². The van der Waals surface area contributed by atoms with Crippen LogP contribution in [0.5, 0.6) is 0 Å². The van der Waals surface area contributed by atoms with E-state index in [0.717, 1.165) is 61.6 Å². The summed E-state index contributed by atoms with van der Waals surface area (Å²) in [6, 6.07) is 15.5. The fourth-order valence-electron chi connectivity index (χ4n) is 7.90. The van der Waals surface area contributed by atoms with E-state index >= 15 is 0 Å². The van der Waals surface area contributed by atoms with Crippen molar-refractivity contribution in [3.8, 4) is 0 Å². The van der Waals surface area contributed by atoms with Crippen LogP contribution in [-0.4, -0.2) is 103 Å². The largest absolute Gasteiger partial charge is 0.481 e. The van der Waals surface area contributed by atoms with Gasteiger partial charge in [0.15, 0.2) is 5.60 Å². The molecule has 6 N–H and O–H groups in total. The number of carboxylic acid groups (broad SMARTS) is 3. The Labute approximate surface area is 347 Å². The van der Waals surface area contributed by atoms with Crippen LogP contribution < -0.4 is 10.6 Å². The number of carbonyl (C=O) groups excluding carboxylic acids is 3. The molecule has 0 spiro atoms. The summed E-state index contributed by atoms with van der Waals surface area (Å²) in [4.78, 5) is 76.1. The van der Waals surface area contributed by atoms with Crippen molar-refractivity contribution in [3.63, 3.8) is 0 Å². The van der Waals surface area contributed by atoms with Gasteiger partial charge >= 0.3 is 17.9 Å². The highest BCUT2D eigenvalue weighted by Gasteiger charge is 2.50. The van der Waals surface area contributed by atoms with Gasteiger partial charge in [0.1, 0.15) is 5.54 Å². The molecule has 314 valence electrons. The van der Waals surface area contributed by atoms with Gasteiger partial charge in [-0.05, 0) is 73.4 Å². The number of nitrogens with zero attached hydrogens (tertiary/aromatic N) is 2. The van der Waals surface area contributed by atoms with Crippen molar-refractivity contribution < 1.29 is 49.2 Å². The van der Waals surface area contributed by atoms with E-state index in [0.29, 0.717) is 36.1 Å². The third-order valence-corrected chi connectivity index (χ3v) is 11.5. The Kier molecular flexibility index (Phi) is 16.5. The number of benzene rings is 2. The number of aliphatic carboxylic acids is 3. The van der Waals surface area contributed by atoms with E-state index < -0.39 is 47.8 Å². The number of piperidine rings is 2. The molecule has 2 aromatic carbocycles. The first kappa shape index (κ1) is 45.9. The van der Waals surface area contributed by atoms with Crippen LogP contribution in [0.2, 0.25) is 10.0 Å². The number of amides is 3. The fraction of sp³-hybridized carbons (Fsp3) is 0.476. The molecule has 0 bridgehead atoms. The number of hydrogen-bond donors (Lipinski definition) is 6. The zero-order valence-electron chi connectivity index (χ0n) is 32.7. The standard InChI is InChI=1S/C36H44Cl2N4O3.C6H8O7/c1-3-11-27(26-16-17-30(37)31(38)22-26)29-23-36(19-18-28(29)34(44)39-2,35(45)40-24-25-12-5-4-6-13-25)42-21-10-7-14-32(42)41-20-9-8-15-33(41)43;7-3(8)1-6(13,5(11)12)2-4(9)10/h4-6,12-13,16-19,22-23,27-28,32H,3,7-11,14-15,20-21,24H2,1-2H3,(H,39,44)(H,40,45);13H,1-2H2,(H,7,8)(H,9,10)(H,11,12). The molecule has 0 aromatic heterocycles. The highest BCUT2D eigenvalue weighted by molar-refractivity contribution is 6.42. The SMILES string of the molecule is CCCC(C1=CC(C(=O)NCc2ccccc2)(N2CCCCC2N2CCCCC2=O)C=CC1C(=O)NC)c1ccc(Cl)c(Cl)c1.O=C(O)CC(O)(CC(=O)O)C(=O)O. The van der Waals surface area contributed by atoms with E-state index in [1.807, 2.05) is 65.6 Å². The summed E-state index contributed by atoms with van der Waals surface area (Å²) >= 11 is 12.8. The summed E-state index contributed by atoms with van der Waals surface area (Å²) in [7, 11) is 1.64. The summed E-state index contributed by atoms with van der Waals surface area (Å²) in [5.41, 5.74) is -1.16. The van der Waals surface area contributed by atoms with Crippen LogP contribution in [0.4, 0.5) is 0 Å². The van der Waals surface area contributed by atoms with Crippen LogP contribution >= 0.6 is 23.2 Å². The van der Waals surface area contributed by atoms with Crippen LogP contribution in [-0.2, 0) is 35.3 Å². The van der Waals surface area contributed by atoms with Gasteiger partial charge in [0, 0.05) is 39.0 Å². The summed E-state index contributed by atoms with van der Waals surface area (Å²) in [5, 5.41) is 40.8. The second-order valence-corrected chi connectivity index (χ2v) is 15.6. The third kappa shape index (κ3) is 11.2. The number of aliphatic hydroxyl groups is 1. The zero-order chi connectivity index (χ0) is 42.6. The van der Waals surface area contributed by atoms with E-state index in [1.165, 1.54) is 0 Å². The molecule has 14 nitrogen and oxygen atoms in total. The number of nitrogens with one attached hydrogen (secondary N) is 2. The lowest BCUT2D eigenvalue weighted by Crippen LogP contribution is -2.66. The highest BCUT2D eigenvalue weighted by atomic mass is 35.5. The molecular weight excluding hydrogens is 791 g/mol. The lowest BCUT2D eigenvalue weighted by molar-refractivity contribution is -0.170. The number of hydrogen-bond acceptors (Lipinski definition) is 8. The fourth-order valence-corrected chi connectivity index (χ4v) is 8.20. The van der Waals surface area contributed by atoms with Gasteiger partial charge in [-0.3, -0.25) is 28.9 Å². The first-order valence-electron chi connectivity index (χ1n) is 19.4. The Morgan fingerprint density at radius 3 is 2.19 bits per heavy atom. The number of rotatable bonds is 15. The van der Waals surface area contributed by atoms with Crippen LogP contribution in [0.3, 0.4) is 0 Å². The zero-order valence-corrected chi connectivity index (χ0v) is 34.2. The van der Waals surface area contributed by atoms with Crippen molar-refractivity contribution in [1.82, 2.24) is 20.4 Å². The molecule has 3 amide bonds. The van der Waals surface area contributed by atoms with E-state index in [9.17, 15) is 28.8 Å². The Balaban J connectivity index is 0.000000492. The molecule has 0 saturated carbocycles. The third-order valence-electron chi connectivity index (χ3n) is 10.8. The van der Waals surface area contributed by atoms with Gasteiger partial charge in [-0.25, -0.2) is 4.79 Å². The van der Waals surface area contributed by atoms with E-state index in [-0.39, 0.29) is 29.8 Å². The molecule has 2 aromatic rings. The van der Waals surface area contributed by atoms with Crippen molar-refractivity contribution in [2.75, 3.05) is 20.1 Å². The monoisotopic (exact) mass is 842 g/mol. The van der Waals surface area contributed by atoms with Crippen molar-refractivity contribution in [2.24, 2.45) is 5.92 Å². The summed E-state index contributed by atoms with van der Waals surface area (Å²) in [6.07, 6.45) is 9.98. The van der Waals surface area contributed by atoms with Crippen LogP contribution in [0.1, 0.15) is 88.2 Å². The lowest BCUT2D eigenvalue weighted by Gasteiger charge is -2.52. The molecule has 16 heteroatoms. The number of carbonyl (C=O) groups is 6. The quantitative estimate of drug-likeness (QED) is 0.126. The summed E-state index contributed by atoms with van der Waals surface area (Å²) in [5.74, 6) is -5.94. The molecule has 2 saturated heterocycles. The maximum Gasteiger partial charge on any atom is 0.336 e. The van der Waals surface area contributed by atoms with Gasteiger partial charge in [0.25, 0.3) is 0 Å². The maximum absolute atomic E-state index is 14.7. The molecule has 1 aliphatic carbocycles. The van der Waals surface area contributed by atoms with Crippen LogP contribution in [0.25, 0.3) is 0 Å².